The van der Waals surface area contributed by atoms with Crippen molar-refractivity contribution in [2.45, 2.75) is 33.2 Å². The number of nitrogens with zero attached hydrogens (tertiary/aromatic N) is 4. The van der Waals surface area contributed by atoms with Gasteiger partial charge in [-0.05, 0) is 62.6 Å². The highest BCUT2D eigenvalue weighted by molar-refractivity contribution is 7.93. The van der Waals surface area contributed by atoms with Crippen LogP contribution in [0.4, 0.5) is 11.5 Å². The number of pyridine rings is 1. The largest absolute Gasteiger partial charge is 0.353 e. The van der Waals surface area contributed by atoms with E-state index >= 15 is 0 Å². The normalized spacial score (nSPS) is 20.5. The van der Waals surface area contributed by atoms with Gasteiger partial charge in [0.05, 0.1) is 11.4 Å². The van der Waals surface area contributed by atoms with E-state index in [0.29, 0.717) is 30.8 Å². The molecule has 0 saturated carbocycles. The molecule has 2 aromatic rings. The molecule has 0 spiro atoms. The smallest absolute Gasteiger partial charge is 0.253 e. The number of hydrogen-bond donors (Lipinski definition) is 0. The highest BCUT2D eigenvalue weighted by Crippen LogP contribution is 2.29. The van der Waals surface area contributed by atoms with E-state index in [1.165, 1.54) is 4.31 Å². The standard InChI is InChI=1S/C22H28N4O3S.ClH/c1-16-14-17(2)21(23-15-16)24-9-11-25(12-10-24)22(27)19-4-6-20(7-5-19)26-18(3)8-13-30(26,28)29;/h4-7,14-15,18H,8-13H2,1-3H3;1H/t18-;/m1./s1. The lowest BCUT2D eigenvalue weighted by Crippen LogP contribution is -2.49. The molecule has 4 rings (SSSR count). The molecule has 1 atom stereocenters. The third-order valence-corrected chi connectivity index (χ3v) is 7.84. The van der Waals surface area contributed by atoms with Crippen molar-refractivity contribution in [3.05, 3.63) is 53.2 Å². The Morgan fingerprint density at radius 3 is 2.26 bits per heavy atom. The number of aryl methyl sites for hydroxylation is 2. The fourth-order valence-electron chi connectivity index (χ4n) is 4.32. The summed E-state index contributed by atoms with van der Waals surface area (Å²) in [6, 6.07) is 9.02. The molecular formula is C22H29ClN4O3S. The van der Waals surface area contributed by atoms with Gasteiger partial charge in [0, 0.05) is 44.0 Å². The SMILES string of the molecule is Cc1cnc(N2CCN(C(=O)c3ccc(N4[C@H](C)CCS4(=O)=O)cc3)CC2)c(C)c1.Cl. The number of halogens is 1. The number of piperazine rings is 1. The van der Waals surface area contributed by atoms with Crippen LogP contribution in [0.2, 0.25) is 0 Å². The first kappa shape index (κ1) is 23.3. The van der Waals surface area contributed by atoms with E-state index in [1.54, 1.807) is 24.3 Å². The lowest BCUT2D eigenvalue weighted by Gasteiger charge is -2.36. The van der Waals surface area contributed by atoms with Crippen molar-refractivity contribution in [1.29, 1.82) is 0 Å². The van der Waals surface area contributed by atoms with E-state index in [-0.39, 0.29) is 30.1 Å². The van der Waals surface area contributed by atoms with Gasteiger partial charge in [0.1, 0.15) is 5.82 Å². The van der Waals surface area contributed by atoms with Gasteiger partial charge in [-0.25, -0.2) is 13.4 Å². The van der Waals surface area contributed by atoms with Crippen molar-refractivity contribution in [3.8, 4) is 0 Å². The van der Waals surface area contributed by atoms with E-state index in [4.69, 9.17) is 0 Å². The first-order valence-electron chi connectivity index (χ1n) is 10.4. The predicted molar refractivity (Wildman–Crippen MR) is 126 cm³/mol. The van der Waals surface area contributed by atoms with E-state index in [1.807, 2.05) is 24.9 Å². The van der Waals surface area contributed by atoms with Crippen molar-refractivity contribution in [2.24, 2.45) is 0 Å². The van der Waals surface area contributed by atoms with Gasteiger partial charge in [0.25, 0.3) is 5.91 Å². The van der Waals surface area contributed by atoms with Gasteiger partial charge >= 0.3 is 0 Å². The van der Waals surface area contributed by atoms with Crippen LogP contribution in [-0.2, 0) is 10.0 Å². The molecule has 2 aliphatic heterocycles. The molecule has 9 heteroatoms. The van der Waals surface area contributed by atoms with Gasteiger partial charge < -0.3 is 9.80 Å². The minimum Gasteiger partial charge on any atom is -0.353 e. The lowest BCUT2D eigenvalue weighted by atomic mass is 10.1. The van der Waals surface area contributed by atoms with Crippen LogP contribution in [0.25, 0.3) is 0 Å². The zero-order valence-corrected chi connectivity index (χ0v) is 19.7. The number of sulfonamides is 1. The number of amides is 1. The van der Waals surface area contributed by atoms with E-state index in [0.717, 1.165) is 30.0 Å². The van der Waals surface area contributed by atoms with Crippen LogP contribution < -0.4 is 9.21 Å². The molecule has 0 N–H and O–H groups in total. The number of rotatable bonds is 3. The number of carbonyl (C=O) groups excluding carboxylic acids is 1. The highest BCUT2D eigenvalue weighted by Gasteiger charge is 2.34. The molecule has 0 bridgehead atoms. The average Bonchev–Trinajstić information content (AvgIpc) is 3.00. The van der Waals surface area contributed by atoms with Crippen LogP contribution in [0.15, 0.2) is 36.5 Å². The molecule has 31 heavy (non-hydrogen) atoms. The maximum atomic E-state index is 12.9. The Morgan fingerprint density at radius 1 is 1.06 bits per heavy atom. The third-order valence-electron chi connectivity index (χ3n) is 5.92. The summed E-state index contributed by atoms with van der Waals surface area (Å²) in [6.45, 7) is 8.75. The first-order valence-corrected chi connectivity index (χ1v) is 12.0. The summed E-state index contributed by atoms with van der Waals surface area (Å²) in [7, 11) is -3.26. The van der Waals surface area contributed by atoms with Crippen molar-refractivity contribution >= 4 is 39.8 Å². The second-order valence-electron chi connectivity index (χ2n) is 8.23. The summed E-state index contributed by atoms with van der Waals surface area (Å²) in [6.07, 6.45) is 2.51. The fourth-order valence-corrected chi connectivity index (χ4v) is 6.25. The quantitative estimate of drug-likeness (QED) is 0.698. The third kappa shape index (κ3) is 4.65. The minimum absolute atomic E-state index is 0. The number of hydrogen-bond acceptors (Lipinski definition) is 5. The minimum atomic E-state index is -3.26. The average molecular weight is 465 g/mol. The summed E-state index contributed by atoms with van der Waals surface area (Å²) in [5.41, 5.74) is 3.50. The fraction of sp³-hybridized carbons (Fsp3) is 0.455. The van der Waals surface area contributed by atoms with Crippen LogP contribution >= 0.6 is 12.4 Å². The van der Waals surface area contributed by atoms with E-state index in [2.05, 4.69) is 22.9 Å². The molecular weight excluding hydrogens is 436 g/mol. The van der Waals surface area contributed by atoms with Crippen LogP contribution in [0.3, 0.4) is 0 Å². The molecule has 0 unspecified atom stereocenters. The topological polar surface area (TPSA) is 73.8 Å². The zero-order valence-electron chi connectivity index (χ0n) is 18.1. The summed E-state index contributed by atoms with van der Waals surface area (Å²) in [5.74, 6) is 1.14. The molecule has 1 amide bonds. The Morgan fingerprint density at radius 2 is 1.71 bits per heavy atom. The van der Waals surface area contributed by atoms with Crippen molar-refractivity contribution in [2.75, 3.05) is 41.1 Å². The summed E-state index contributed by atoms with van der Waals surface area (Å²) < 4.78 is 26.0. The molecule has 2 saturated heterocycles. The van der Waals surface area contributed by atoms with E-state index < -0.39 is 10.0 Å². The molecule has 7 nitrogen and oxygen atoms in total. The number of benzene rings is 1. The van der Waals surface area contributed by atoms with Gasteiger partial charge in [0.15, 0.2) is 0 Å². The first-order chi connectivity index (χ1) is 14.3. The second-order valence-corrected chi connectivity index (χ2v) is 10.2. The Balaban J connectivity index is 0.00000272. The molecule has 168 valence electrons. The molecule has 2 aliphatic rings. The van der Waals surface area contributed by atoms with Crippen LogP contribution in [0, 0.1) is 13.8 Å². The van der Waals surface area contributed by atoms with Crippen molar-refractivity contribution in [1.82, 2.24) is 9.88 Å². The summed E-state index contributed by atoms with van der Waals surface area (Å²) in [4.78, 5) is 21.6. The zero-order chi connectivity index (χ0) is 21.5. The maximum Gasteiger partial charge on any atom is 0.253 e. The molecule has 2 fully saturated rings. The molecule has 3 heterocycles. The maximum absolute atomic E-state index is 12.9. The number of anilines is 2. The van der Waals surface area contributed by atoms with Crippen LogP contribution in [-0.4, -0.2) is 62.2 Å². The Labute approximate surface area is 190 Å². The molecule has 1 aromatic carbocycles. The number of carbonyl (C=O) groups is 1. The predicted octanol–water partition coefficient (Wildman–Crippen LogP) is 3.01. The van der Waals surface area contributed by atoms with E-state index in [9.17, 15) is 13.2 Å². The van der Waals surface area contributed by atoms with Gasteiger partial charge in [0.2, 0.25) is 10.0 Å². The second kappa shape index (κ2) is 9.04. The monoisotopic (exact) mass is 464 g/mol. The Bertz CT molecular complexity index is 1050. The lowest BCUT2D eigenvalue weighted by molar-refractivity contribution is 0.0746. The Kier molecular flexibility index (Phi) is 6.81. The Hall–Kier alpha value is -2.32. The van der Waals surface area contributed by atoms with Crippen molar-refractivity contribution in [3.63, 3.8) is 0 Å². The van der Waals surface area contributed by atoms with Gasteiger partial charge in [-0.3, -0.25) is 9.10 Å². The summed E-state index contributed by atoms with van der Waals surface area (Å²) in [5, 5.41) is 0. The molecule has 1 aromatic heterocycles. The summed E-state index contributed by atoms with van der Waals surface area (Å²) >= 11 is 0. The highest BCUT2D eigenvalue weighted by atomic mass is 35.5. The van der Waals surface area contributed by atoms with Crippen LogP contribution in [0.1, 0.15) is 34.8 Å². The number of aromatic nitrogens is 1. The van der Waals surface area contributed by atoms with Gasteiger partial charge in [-0.15, -0.1) is 12.4 Å². The molecule has 0 aliphatic carbocycles. The van der Waals surface area contributed by atoms with Gasteiger partial charge in [-0.2, -0.15) is 0 Å². The molecule has 0 radical (unpaired) electrons. The van der Waals surface area contributed by atoms with Gasteiger partial charge in [-0.1, -0.05) is 6.07 Å². The van der Waals surface area contributed by atoms with Crippen molar-refractivity contribution < 1.29 is 13.2 Å². The van der Waals surface area contributed by atoms with Crippen LogP contribution in [0.5, 0.6) is 0 Å².